The Morgan fingerprint density at radius 2 is 1.92 bits per heavy atom. The second-order valence-electron chi connectivity index (χ2n) is 6.90. The zero-order valence-corrected chi connectivity index (χ0v) is 15.0. The molecule has 1 N–H and O–H groups in total. The molecule has 6 nitrogen and oxygen atoms in total. The van der Waals surface area contributed by atoms with Gasteiger partial charge in [0.05, 0.1) is 5.41 Å². The van der Waals surface area contributed by atoms with Crippen molar-refractivity contribution in [2.45, 2.75) is 40.5 Å². The number of unbranched alkanes of at least 4 members (excludes halogenated alkanes) is 1. The van der Waals surface area contributed by atoms with Crippen molar-refractivity contribution in [3.05, 3.63) is 40.2 Å². The summed E-state index contributed by atoms with van der Waals surface area (Å²) >= 11 is 0. The monoisotopic (exact) mass is 345 g/mol. The first kappa shape index (κ1) is 18.7. The van der Waals surface area contributed by atoms with Gasteiger partial charge >= 0.3 is 11.6 Å². The minimum atomic E-state index is -0.721. The number of hydrogen-bond acceptors (Lipinski definition) is 5. The van der Waals surface area contributed by atoms with E-state index >= 15 is 0 Å². The molecule has 1 amide bonds. The zero-order valence-electron chi connectivity index (χ0n) is 15.0. The normalized spacial score (nSPS) is 11.4. The Morgan fingerprint density at radius 1 is 1.20 bits per heavy atom. The largest absolute Gasteiger partial charge is 0.426 e. The third-order valence-corrected chi connectivity index (χ3v) is 3.59. The van der Waals surface area contributed by atoms with Crippen LogP contribution in [0.15, 0.2) is 33.5 Å². The summed E-state index contributed by atoms with van der Waals surface area (Å²) in [5.41, 5.74) is -1.14. The van der Waals surface area contributed by atoms with Gasteiger partial charge in [-0.25, -0.2) is 4.79 Å². The smallest absolute Gasteiger partial charge is 0.349 e. The molecular weight excluding hydrogens is 322 g/mol. The second kappa shape index (κ2) is 7.51. The molecule has 2 aromatic rings. The van der Waals surface area contributed by atoms with Crippen LogP contribution in [0.2, 0.25) is 0 Å². The molecule has 2 rings (SSSR count). The lowest BCUT2D eigenvalue weighted by molar-refractivity contribution is -0.142. The van der Waals surface area contributed by atoms with Crippen molar-refractivity contribution >= 4 is 22.8 Å². The van der Waals surface area contributed by atoms with Gasteiger partial charge in [-0.15, -0.1) is 0 Å². The van der Waals surface area contributed by atoms with E-state index in [9.17, 15) is 14.4 Å². The Labute approximate surface area is 146 Å². The fourth-order valence-corrected chi connectivity index (χ4v) is 2.05. The topological polar surface area (TPSA) is 85.6 Å². The second-order valence-corrected chi connectivity index (χ2v) is 6.90. The Hall–Kier alpha value is -2.63. The molecule has 1 aromatic heterocycles. The molecule has 0 aliphatic rings. The molecule has 1 aromatic carbocycles. The molecule has 0 atom stereocenters. The van der Waals surface area contributed by atoms with Gasteiger partial charge in [-0.05, 0) is 45.4 Å². The van der Waals surface area contributed by atoms with Gasteiger partial charge in [-0.2, -0.15) is 0 Å². The standard InChI is InChI=1S/C19H23NO5/c1-5-6-9-20-16(21)14-10-12-7-8-13(11-15(12)25-17(14)22)24-18(23)19(2,3)4/h7-8,10-11H,5-6,9H2,1-4H3,(H,20,21). The average molecular weight is 345 g/mol. The Balaban J connectivity index is 2.27. The number of hydrogen-bond donors (Lipinski definition) is 1. The minimum Gasteiger partial charge on any atom is -0.426 e. The minimum absolute atomic E-state index is 0.0389. The highest BCUT2D eigenvalue weighted by Gasteiger charge is 2.24. The van der Waals surface area contributed by atoms with Crippen molar-refractivity contribution in [2.75, 3.05) is 6.54 Å². The van der Waals surface area contributed by atoms with E-state index in [2.05, 4.69) is 5.32 Å². The Bertz CT molecular complexity index is 845. The van der Waals surface area contributed by atoms with Crippen molar-refractivity contribution < 1.29 is 18.7 Å². The third-order valence-electron chi connectivity index (χ3n) is 3.59. The molecule has 0 bridgehead atoms. The van der Waals surface area contributed by atoms with Crippen LogP contribution >= 0.6 is 0 Å². The van der Waals surface area contributed by atoms with Crippen molar-refractivity contribution in [2.24, 2.45) is 5.41 Å². The lowest BCUT2D eigenvalue weighted by Crippen LogP contribution is -2.29. The molecule has 0 saturated carbocycles. The van der Waals surface area contributed by atoms with E-state index in [-0.39, 0.29) is 22.9 Å². The van der Waals surface area contributed by atoms with E-state index in [1.54, 1.807) is 32.9 Å². The summed E-state index contributed by atoms with van der Waals surface area (Å²) in [6, 6.07) is 6.20. The van der Waals surface area contributed by atoms with Crippen LogP contribution in [0.25, 0.3) is 11.0 Å². The molecular formula is C19H23NO5. The van der Waals surface area contributed by atoms with E-state index in [1.165, 1.54) is 12.1 Å². The number of amides is 1. The van der Waals surface area contributed by atoms with Gasteiger partial charge in [-0.3, -0.25) is 9.59 Å². The van der Waals surface area contributed by atoms with E-state index in [0.717, 1.165) is 12.8 Å². The SMILES string of the molecule is CCCCNC(=O)c1cc2ccc(OC(=O)C(C)(C)C)cc2oc1=O. The van der Waals surface area contributed by atoms with Gasteiger partial charge in [0.1, 0.15) is 16.9 Å². The molecule has 0 aliphatic carbocycles. The third kappa shape index (κ3) is 4.68. The van der Waals surface area contributed by atoms with Crippen molar-refractivity contribution in [1.29, 1.82) is 0 Å². The zero-order chi connectivity index (χ0) is 18.6. The number of carbonyl (C=O) groups is 2. The van der Waals surface area contributed by atoms with Gasteiger partial charge in [0.2, 0.25) is 0 Å². The summed E-state index contributed by atoms with van der Waals surface area (Å²) in [6.07, 6.45) is 1.79. The van der Waals surface area contributed by atoms with Crippen LogP contribution in [0.3, 0.4) is 0 Å². The molecule has 1 heterocycles. The first-order chi connectivity index (χ1) is 11.7. The molecule has 0 unspecified atom stereocenters. The number of esters is 1. The lowest BCUT2D eigenvalue weighted by Gasteiger charge is -2.16. The predicted molar refractivity (Wildman–Crippen MR) is 94.8 cm³/mol. The fourth-order valence-electron chi connectivity index (χ4n) is 2.05. The van der Waals surface area contributed by atoms with Crippen molar-refractivity contribution in [3.8, 4) is 5.75 Å². The van der Waals surface area contributed by atoms with E-state index < -0.39 is 16.9 Å². The van der Waals surface area contributed by atoms with Crippen LogP contribution in [0, 0.1) is 5.41 Å². The van der Waals surface area contributed by atoms with Crippen LogP contribution in [-0.4, -0.2) is 18.4 Å². The Kier molecular flexibility index (Phi) is 5.62. The molecule has 0 fully saturated rings. The summed E-state index contributed by atoms with van der Waals surface area (Å²) in [5.74, 6) is -0.552. The van der Waals surface area contributed by atoms with Crippen molar-refractivity contribution in [1.82, 2.24) is 5.32 Å². The van der Waals surface area contributed by atoms with Crippen LogP contribution < -0.4 is 15.7 Å². The maximum absolute atomic E-state index is 12.1. The maximum Gasteiger partial charge on any atom is 0.349 e. The summed E-state index contributed by atoms with van der Waals surface area (Å²) in [6.45, 7) is 7.77. The quantitative estimate of drug-likeness (QED) is 0.389. The maximum atomic E-state index is 12.1. The molecule has 0 spiro atoms. The van der Waals surface area contributed by atoms with Crippen LogP contribution in [-0.2, 0) is 4.79 Å². The first-order valence-corrected chi connectivity index (χ1v) is 8.30. The van der Waals surface area contributed by atoms with Gasteiger partial charge in [0, 0.05) is 18.0 Å². The highest BCUT2D eigenvalue weighted by molar-refractivity contribution is 5.96. The van der Waals surface area contributed by atoms with Crippen LogP contribution in [0.5, 0.6) is 5.75 Å². The summed E-state index contributed by atoms with van der Waals surface area (Å²) in [7, 11) is 0. The molecule has 6 heteroatoms. The average Bonchev–Trinajstić information content (AvgIpc) is 2.53. The van der Waals surface area contributed by atoms with Crippen LogP contribution in [0.4, 0.5) is 0 Å². The lowest BCUT2D eigenvalue weighted by atomic mass is 9.97. The van der Waals surface area contributed by atoms with E-state index in [1.807, 2.05) is 6.92 Å². The fraction of sp³-hybridized carbons (Fsp3) is 0.421. The van der Waals surface area contributed by atoms with Gasteiger partial charge in [0.25, 0.3) is 5.91 Å². The molecule has 0 saturated heterocycles. The highest BCUT2D eigenvalue weighted by atomic mass is 16.5. The van der Waals surface area contributed by atoms with Gasteiger partial charge < -0.3 is 14.5 Å². The van der Waals surface area contributed by atoms with Crippen molar-refractivity contribution in [3.63, 3.8) is 0 Å². The van der Waals surface area contributed by atoms with E-state index in [4.69, 9.17) is 9.15 Å². The van der Waals surface area contributed by atoms with E-state index in [0.29, 0.717) is 11.9 Å². The van der Waals surface area contributed by atoms with Gasteiger partial charge in [-0.1, -0.05) is 13.3 Å². The van der Waals surface area contributed by atoms with Gasteiger partial charge in [0.15, 0.2) is 0 Å². The summed E-state index contributed by atoms with van der Waals surface area (Å²) in [5, 5.41) is 3.27. The number of rotatable bonds is 5. The molecule has 25 heavy (non-hydrogen) atoms. The molecule has 134 valence electrons. The summed E-state index contributed by atoms with van der Waals surface area (Å²) in [4.78, 5) is 36.1. The number of carbonyl (C=O) groups excluding carboxylic acids is 2. The molecule has 0 radical (unpaired) electrons. The number of ether oxygens (including phenoxy) is 1. The molecule has 0 aliphatic heterocycles. The highest BCUT2D eigenvalue weighted by Crippen LogP contribution is 2.23. The number of nitrogens with one attached hydrogen (secondary N) is 1. The summed E-state index contributed by atoms with van der Waals surface area (Å²) < 4.78 is 10.5. The number of benzene rings is 1. The predicted octanol–water partition coefficient (Wildman–Crippen LogP) is 3.27. The number of fused-ring (bicyclic) bond motifs is 1. The first-order valence-electron chi connectivity index (χ1n) is 8.30. The van der Waals surface area contributed by atoms with Crippen LogP contribution in [0.1, 0.15) is 50.9 Å². The Morgan fingerprint density at radius 3 is 2.56 bits per heavy atom.